The van der Waals surface area contributed by atoms with Crippen LogP contribution in [0.15, 0.2) is 65.6 Å². The van der Waals surface area contributed by atoms with Crippen LogP contribution >= 0.6 is 11.6 Å². The molecular formula is C22H17ClN2O5S. The van der Waals surface area contributed by atoms with Gasteiger partial charge in [0.25, 0.3) is 21.8 Å². The molecule has 3 aromatic carbocycles. The molecule has 1 aliphatic rings. The van der Waals surface area contributed by atoms with Crippen molar-refractivity contribution < 1.29 is 23.1 Å². The summed E-state index contributed by atoms with van der Waals surface area (Å²) in [5.41, 5.74) is 1.72. The standard InChI is InChI=1S/C22H17ClN2O5S/c1-13-6-8-15(9-7-13)31(29,30)24-19-11-14(10-18(23)20(19)26)12-25-21(27)16-4-2-3-5-17(16)22(25)28/h2-11,24,26H,12H2,1H3. The lowest BCUT2D eigenvalue weighted by Crippen LogP contribution is -2.29. The maximum atomic E-state index is 12.7. The summed E-state index contributed by atoms with van der Waals surface area (Å²) in [5.74, 6) is -1.36. The number of nitrogens with one attached hydrogen (secondary N) is 1. The smallest absolute Gasteiger partial charge is 0.262 e. The van der Waals surface area contributed by atoms with E-state index in [0.717, 1.165) is 10.5 Å². The van der Waals surface area contributed by atoms with Crippen LogP contribution in [0.25, 0.3) is 0 Å². The number of carbonyl (C=O) groups is 2. The Morgan fingerprint density at radius 3 is 2.13 bits per heavy atom. The fourth-order valence-electron chi connectivity index (χ4n) is 3.31. The summed E-state index contributed by atoms with van der Waals surface area (Å²) < 4.78 is 27.7. The minimum absolute atomic E-state index is 0.0133. The van der Waals surface area contributed by atoms with Crippen LogP contribution in [0.3, 0.4) is 0 Å². The topological polar surface area (TPSA) is 104 Å². The SMILES string of the molecule is Cc1ccc(S(=O)(=O)Nc2cc(CN3C(=O)c4ccccc4C3=O)cc(Cl)c2O)cc1. The fourth-order valence-corrected chi connectivity index (χ4v) is 4.61. The molecule has 7 nitrogen and oxygen atoms in total. The molecule has 0 aliphatic carbocycles. The normalized spacial score (nSPS) is 13.4. The van der Waals surface area contributed by atoms with E-state index >= 15 is 0 Å². The number of carbonyl (C=O) groups excluding carboxylic acids is 2. The van der Waals surface area contributed by atoms with Crippen LogP contribution in [0.1, 0.15) is 31.8 Å². The molecule has 1 aliphatic heterocycles. The predicted octanol–water partition coefficient (Wildman–Crippen LogP) is 3.95. The summed E-state index contributed by atoms with van der Waals surface area (Å²) in [6.45, 7) is 1.70. The lowest BCUT2D eigenvalue weighted by atomic mass is 10.1. The third-order valence-corrected chi connectivity index (χ3v) is 6.59. The molecule has 0 atom stereocenters. The maximum absolute atomic E-state index is 12.7. The van der Waals surface area contributed by atoms with Gasteiger partial charge in [-0.2, -0.15) is 0 Å². The Morgan fingerprint density at radius 1 is 0.968 bits per heavy atom. The average Bonchev–Trinajstić information content (AvgIpc) is 2.97. The van der Waals surface area contributed by atoms with E-state index in [1.807, 2.05) is 6.92 Å². The zero-order chi connectivity index (χ0) is 22.3. The highest BCUT2D eigenvalue weighted by molar-refractivity contribution is 7.92. The molecule has 3 aromatic rings. The van der Waals surface area contributed by atoms with Crippen molar-refractivity contribution in [3.05, 3.63) is 87.9 Å². The number of halogens is 1. The first-order chi connectivity index (χ1) is 14.7. The summed E-state index contributed by atoms with van der Waals surface area (Å²) in [6, 6.07) is 15.4. The number of phenols is 1. The fraction of sp³-hybridized carbons (Fsp3) is 0.0909. The van der Waals surface area contributed by atoms with E-state index in [1.54, 1.807) is 36.4 Å². The number of aryl methyl sites for hydroxylation is 1. The molecule has 2 amide bonds. The molecule has 2 N–H and O–H groups in total. The monoisotopic (exact) mass is 456 g/mol. The number of hydrogen-bond donors (Lipinski definition) is 2. The van der Waals surface area contributed by atoms with Crippen molar-refractivity contribution in [1.29, 1.82) is 0 Å². The van der Waals surface area contributed by atoms with Gasteiger partial charge in [0.1, 0.15) is 0 Å². The minimum atomic E-state index is -3.99. The van der Waals surface area contributed by atoms with Crippen molar-refractivity contribution in [2.24, 2.45) is 0 Å². The second kappa shape index (κ2) is 7.72. The summed E-state index contributed by atoms with van der Waals surface area (Å²) in [5, 5.41) is 10.2. The third-order valence-electron chi connectivity index (χ3n) is 4.92. The van der Waals surface area contributed by atoms with Crippen molar-refractivity contribution >= 4 is 39.1 Å². The lowest BCUT2D eigenvalue weighted by Gasteiger charge is -2.17. The van der Waals surface area contributed by atoms with Crippen LogP contribution in [0, 0.1) is 6.92 Å². The first-order valence-electron chi connectivity index (χ1n) is 9.23. The molecule has 4 rings (SSSR count). The van der Waals surface area contributed by atoms with Crippen LogP contribution in [-0.2, 0) is 16.6 Å². The van der Waals surface area contributed by atoms with E-state index in [2.05, 4.69) is 4.72 Å². The number of anilines is 1. The lowest BCUT2D eigenvalue weighted by molar-refractivity contribution is 0.0642. The Morgan fingerprint density at radius 2 is 1.55 bits per heavy atom. The highest BCUT2D eigenvalue weighted by atomic mass is 35.5. The van der Waals surface area contributed by atoms with Crippen LogP contribution in [-0.4, -0.2) is 30.2 Å². The van der Waals surface area contributed by atoms with Gasteiger partial charge in [0.15, 0.2) is 5.75 Å². The molecule has 31 heavy (non-hydrogen) atoms. The summed E-state index contributed by atoms with van der Waals surface area (Å²) in [6.07, 6.45) is 0. The third kappa shape index (κ3) is 3.87. The van der Waals surface area contributed by atoms with Gasteiger partial charge in [0.2, 0.25) is 0 Å². The van der Waals surface area contributed by atoms with E-state index in [4.69, 9.17) is 11.6 Å². The van der Waals surface area contributed by atoms with E-state index in [0.29, 0.717) is 16.7 Å². The van der Waals surface area contributed by atoms with Crippen LogP contribution in [0.2, 0.25) is 5.02 Å². The molecule has 0 fully saturated rings. The second-order valence-electron chi connectivity index (χ2n) is 7.13. The van der Waals surface area contributed by atoms with Gasteiger partial charge in [0.05, 0.1) is 33.3 Å². The number of aromatic hydroxyl groups is 1. The first-order valence-corrected chi connectivity index (χ1v) is 11.1. The van der Waals surface area contributed by atoms with Crippen molar-refractivity contribution in [2.75, 3.05) is 4.72 Å². The quantitative estimate of drug-likeness (QED) is 0.447. The number of nitrogens with zero attached hydrogens (tertiary/aromatic N) is 1. The van der Waals surface area contributed by atoms with Gasteiger partial charge in [-0.3, -0.25) is 19.2 Å². The molecule has 1 heterocycles. The van der Waals surface area contributed by atoms with Gasteiger partial charge in [-0.15, -0.1) is 0 Å². The van der Waals surface area contributed by atoms with Gasteiger partial charge in [0, 0.05) is 0 Å². The Kier molecular flexibility index (Phi) is 5.20. The number of phenolic OH excluding ortho intramolecular Hbond substituents is 1. The van der Waals surface area contributed by atoms with Gasteiger partial charge in [-0.1, -0.05) is 41.4 Å². The largest absolute Gasteiger partial charge is 0.504 e. The molecule has 0 unspecified atom stereocenters. The van der Waals surface area contributed by atoms with Gasteiger partial charge >= 0.3 is 0 Å². The Hall–Kier alpha value is -3.36. The molecular weight excluding hydrogens is 440 g/mol. The number of rotatable bonds is 5. The Labute approximate surface area is 183 Å². The van der Waals surface area contributed by atoms with E-state index in [-0.39, 0.29) is 22.2 Å². The van der Waals surface area contributed by atoms with Crippen molar-refractivity contribution in [1.82, 2.24) is 4.90 Å². The number of benzene rings is 3. The van der Waals surface area contributed by atoms with Crippen LogP contribution in [0.5, 0.6) is 5.75 Å². The van der Waals surface area contributed by atoms with Crippen molar-refractivity contribution in [3.63, 3.8) is 0 Å². The molecule has 9 heteroatoms. The maximum Gasteiger partial charge on any atom is 0.262 e. The van der Waals surface area contributed by atoms with Crippen molar-refractivity contribution in [2.45, 2.75) is 18.4 Å². The first kappa shape index (κ1) is 20.9. The molecule has 0 saturated carbocycles. The van der Waals surface area contributed by atoms with Gasteiger partial charge < -0.3 is 5.11 Å². The Bertz CT molecular complexity index is 1290. The number of imide groups is 1. The van der Waals surface area contributed by atoms with Gasteiger partial charge in [-0.05, 0) is 48.9 Å². The number of sulfonamides is 1. The molecule has 0 bridgehead atoms. The van der Waals surface area contributed by atoms with E-state index in [1.165, 1.54) is 24.3 Å². The number of fused-ring (bicyclic) bond motifs is 1. The molecule has 0 spiro atoms. The summed E-state index contributed by atoms with van der Waals surface area (Å²) in [4.78, 5) is 26.3. The highest BCUT2D eigenvalue weighted by Gasteiger charge is 2.35. The minimum Gasteiger partial charge on any atom is -0.504 e. The average molecular weight is 457 g/mol. The molecule has 0 aromatic heterocycles. The second-order valence-corrected chi connectivity index (χ2v) is 9.22. The van der Waals surface area contributed by atoms with Crippen LogP contribution < -0.4 is 4.72 Å². The zero-order valence-corrected chi connectivity index (χ0v) is 17.9. The summed E-state index contributed by atoms with van der Waals surface area (Å²) in [7, 11) is -3.99. The number of hydrogen-bond acceptors (Lipinski definition) is 5. The zero-order valence-electron chi connectivity index (χ0n) is 16.3. The van der Waals surface area contributed by atoms with Gasteiger partial charge in [-0.25, -0.2) is 8.42 Å². The van der Waals surface area contributed by atoms with Crippen molar-refractivity contribution in [3.8, 4) is 5.75 Å². The Balaban J connectivity index is 1.64. The van der Waals surface area contributed by atoms with E-state index < -0.39 is 27.6 Å². The molecule has 0 radical (unpaired) electrons. The van der Waals surface area contributed by atoms with E-state index in [9.17, 15) is 23.1 Å². The molecule has 0 saturated heterocycles. The number of amides is 2. The van der Waals surface area contributed by atoms with Crippen LogP contribution in [0.4, 0.5) is 5.69 Å². The highest BCUT2D eigenvalue weighted by Crippen LogP contribution is 2.36. The predicted molar refractivity (Wildman–Crippen MR) is 116 cm³/mol. The summed E-state index contributed by atoms with van der Waals surface area (Å²) >= 11 is 6.09. The molecule has 158 valence electrons.